The molecule has 0 saturated carbocycles. The number of ether oxygens (including phenoxy) is 1. The first kappa shape index (κ1) is 17.4. The number of amides is 1. The third-order valence-corrected chi connectivity index (χ3v) is 5.80. The molecule has 0 fully saturated rings. The topological polar surface area (TPSA) is 51.2 Å². The number of fused-ring (bicyclic) bond motifs is 1. The smallest absolute Gasteiger partial charge is 0.236 e. The molecular formula is C16H12Cl2N2O2S2. The van der Waals surface area contributed by atoms with Crippen LogP contribution in [0.4, 0.5) is 5.13 Å². The molecule has 8 heteroatoms. The maximum Gasteiger partial charge on any atom is 0.236 e. The van der Waals surface area contributed by atoms with E-state index in [4.69, 9.17) is 27.9 Å². The standard InChI is InChI=1S/C16H12Cl2N2O2S2/c1-22-12-7-6-11(18)15-14(12)20-16(24-15)19-13(21)8-23-10-4-2-9(17)3-5-10/h2-7H,8H2,1H3,(H,19,20,21). The fourth-order valence-corrected chi connectivity index (χ4v) is 4.00. The second-order valence-electron chi connectivity index (χ2n) is 4.74. The van der Waals surface area contributed by atoms with Crippen LogP contribution in [-0.2, 0) is 4.79 Å². The predicted octanol–water partition coefficient (Wildman–Crippen LogP) is 5.34. The third-order valence-electron chi connectivity index (χ3n) is 3.11. The Morgan fingerprint density at radius 3 is 2.71 bits per heavy atom. The van der Waals surface area contributed by atoms with Gasteiger partial charge in [0.15, 0.2) is 5.13 Å². The second kappa shape index (κ2) is 7.61. The van der Waals surface area contributed by atoms with Crippen LogP contribution in [0.2, 0.25) is 10.0 Å². The number of hydrogen-bond acceptors (Lipinski definition) is 5. The van der Waals surface area contributed by atoms with Crippen molar-refractivity contribution in [2.75, 3.05) is 18.2 Å². The molecule has 2 aromatic carbocycles. The van der Waals surface area contributed by atoms with E-state index in [0.717, 1.165) is 9.60 Å². The largest absolute Gasteiger partial charge is 0.494 e. The van der Waals surface area contributed by atoms with Gasteiger partial charge in [-0.25, -0.2) is 4.98 Å². The lowest BCUT2D eigenvalue weighted by Gasteiger charge is -2.02. The van der Waals surface area contributed by atoms with Crippen molar-refractivity contribution in [3.63, 3.8) is 0 Å². The fraction of sp³-hybridized carbons (Fsp3) is 0.125. The summed E-state index contributed by atoms with van der Waals surface area (Å²) in [5.41, 5.74) is 0.649. The van der Waals surface area contributed by atoms with Crippen molar-refractivity contribution >= 4 is 67.6 Å². The number of nitrogens with one attached hydrogen (secondary N) is 1. The van der Waals surface area contributed by atoms with Gasteiger partial charge in [-0.05, 0) is 36.4 Å². The van der Waals surface area contributed by atoms with Gasteiger partial charge in [0.2, 0.25) is 5.91 Å². The summed E-state index contributed by atoms with van der Waals surface area (Å²) in [6.07, 6.45) is 0. The Kier molecular flexibility index (Phi) is 5.50. The number of hydrogen-bond donors (Lipinski definition) is 1. The molecule has 3 aromatic rings. The maximum absolute atomic E-state index is 12.1. The van der Waals surface area contributed by atoms with Crippen LogP contribution in [0.25, 0.3) is 10.2 Å². The Morgan fingerprint density at radius 1 is 1.25 bits per heavy atom. The Bertz CT molecular complexity index is 882. The van der Waals surface area contributed by atoms with Crippen molar-refractivity contribution in [1.82, 2.24) is 4.98 Å². The normalized spacial score (nSPS) is 10.8. The number of thioether (sulfide) groups is 1. The van der Waals surface area contributed by atoms with Gasteiger partial charge in [-0.3, -0.25) is 4.79 Å². The van der Waals surface area contributed by atoms with Crippen molar-refractivity contribution in [3.05, 3.63) is 46.4 Å². The minimum Gasteiger partial charge on any atom is -0.494 e. The molecule has 0 bridgehead atoms. The molecule has 0 radical (unpaired) electrons. The van der Waals surface area contributed by atoms with E-state index < -0.39 is 0 Å². The Hall–Kier alpha value is -1.47. The molecule has 0 aliphatic rings. The van der Waals surface area contributed by atoms with Crippen LogP contribution in [0.5, 0.6) is 5.75 Å². The second-order valence-corrected chi connectivity index (χ2v) is 7.63. The summed E-state index contributed by atoms with van der Waals surface area (Å²) in [4.78, 5) is 17.5. The van der Waals surface area contributed by atoms with Gasteiger partial charge in [-0.15, -0.1) is 11.8 Å². The summed E-state index contributed by atoms with van der Waals surface area (Å²) in [5, 5.41) is 4.55. The van der Waals surface area contributed by atoms with Gasteiger partial charge >= 0.3 is 0 Å². The first-order valence-corrected chi connectivity index (χ1v) is 9.44. The predicted molar refractivity (Wildman–Crippen MR) is 102 cm³/mol. The SMILES string of the molecule is COc1ccc(Cl)c2sc(NC(=O)CSc3ccc(Cl)cc3)nc12. The van der Waals surface area contributed by atoms with E-state index in [1.165, 1.54) is 23.1 Å². The number of methoxy groups -OCH3 is 1. The minimum absolute atomic E-state index is 0.135. The van der Waals surface area contributed by atoms with E-state index in [0.29, 0.717) is 26.4 Å². The van der Waals surface area contributed by atoms with Gasteiger partial charge < -0.3 is 10.1 Å². The first-order chi connectivity index (χ1) is 11.6. The molecule has 1 N–H and O–H groups in total. The third kappa shape index (κ3) is 3.95. The number of rotatable bonds is 5. The number of benzene rings is 2. The van der Waals surface area contributed by atoms with E-state index in [9.17, 15) is 4.79 Å². The average molecular weight is 399 g/mol. The number of halogens is 2. The number of nitrogens with zero attached hydrogens (tertiary/aromatic N) is 1. The van der Waals surface area contributed by atoms with E-state index in [-0.39, 0.29) is 11.7 Å². The highest BCUT2D eigenvalue weighted by Crippen LogP contribution is 2.37. The zero-order valence-corrected chi connectivity index (χ0v) is 15.7. The molecule has 0 saturated heterocycles. The summed E-state index contributed by atoms with van der Waals surface area (Å²) < 4.78 is 6.06. The zero-order valence-electron chi connectivity index (χ0n) is 12.5. The molecule has 1 amide bonds. The zero-order chi connectivity index (χ0) is 17.1. The maximum atomic E-state index is 12.1. The quantitative estimate of drug-likeness (QED) is 0.589. The number of carbonyl (C=O) groups excluding carboxylic acids is 1. The Labute approximate surface area is 157 Å². The van der Waals surface area contributed by atoms with Crippen molar-refractivity contribution in [3.8, 4) is 5.75 Å². The van der Waals surface area contributed by atoms with E-state index in [1.807, 2.05) is 12.1 Å². The summed E-state index contributed by atoms with van der Waals surface area (Å²) in [6.45, 7) is 0. The van der Waals surface area contributed by atoms with Gasteiger partial charge in [-0.2, -0.15) is 0 Å². The van der Waals surface area contributed by atoms with E-state index in [1.54, 1.807) is 31.4 Å². The highest BCUT2D eigenvalue weighted by atomic mass is 35.5. The van der Waals surface area contributed by atoms with Crippen LogP contribution in [0.3, 0.4) is 0 Å². The van der Waals surface area contributed by atoms with Crippen molar-refractivity contribution in [1.29, 1.82) is 0 Å². The molecule has 1 aromatic heterocycles. The lowest BCUT2D eigenvalue weighted by atomic mass is 10.3. The molecule has 0 spiro atoms. The van der Waals surface area contributed by atoms with Gasteiger partial charge in [0, 0.05) is 9.92 Å². The van der Waals surface area contributed by atoms with Gasteiger partial charge in [0.05, 0.1) is 22.6 Å². The molecule has 0 aliphatic carbocycles. The molecule has 1 heterocycles. The van der Waals surface area contributed by atoms with Crippen molar-refractivity contribution < 1.29 is 9.53 Å². The van der Waals surface area contributed by atoms with Crippen LogP contribution in [0.15, 0.2) is 41.3 Å². The summed E-state index contributed by atoms with van der Waals surface area (Å²) in [6, 6.07) is 10.9. The lowest BCUT2D eigenvalue weighted by molar-refractivity contribution is -0.113. The summed E-state index contributed by atoms with van der Waals surface area (Å²) in [5.74, 6) is 0.772. The van der Waals surface area contributed by atoms with Crippen molar-refractivity contribution in [2.45, 2.75) is 4.90 Å². The van der Waals surface area contributed by atoms with Crippen LogP contribution in [0, 0.1) is 0 Å². The van der Waals surface area contributed by atoms with E-state index in [2.05, 4.69) is 10.3 Å². The molecule has 0 aliphatic heterocycles. The molecule has 3 rings (SSSR count). The number of thiazole rings is 1. The van der Waals surface area contributed by atoms with Crippen LogP contribution >= 0.6 is 46.3 Å². The first-order valence-electron chi connectivity index (χ1n) is 6.88. The van der Waals surface area contributed by atoms with Gasteiger partial charge in [0.1, 0.15) is 11.3 Å². The molecule has 124 valence electrons. The fourth-order valence-electron chi connectivity index (χ4n) is 2.01. The molecule has 4 nitrogen and oxygen atoms in total. The summed E-state index contributed by atoms with van der Waals surface area (Å²) in [7, 11) is 1.57. The van der Waals surface area contributed by atoms with Crippen LogP contribution in [0.1, 0.15) is 0 Å². The number of anilines is 1. The highest BCUT2D eigenvalue weighted by molar-refractivity contribution is 8.00. The Morgan fingerprint density at radius 2 is 2.00 bits per heavy atom. The van der Waals surface area contributed by atoms with Crippen LogP contribution < -0.4 is 10.1 Å². The average Bonchev–Trinajstić information content (AvgIpc) is 2.99. The number of carbonyl (C=O) groups is 1. The van der Waals surface area contributed by atoms with Gasteiger partial charge in [0.25, 0.3) is 0 Å². The van der Waals surface area contributed by atoms with Crippen LogP contribution in [-0.4, -0.2) is 23.8 Å². The van der Waals surface area contributed by atoms with E-state index >= 15 is 0 Å². The highest BCUT2D eigenvalue weighted by Gasteiger charge is 2.14. The molecule has 0 atom stereocenters. The Balaban J connectivity index is 1.69. The minimum atomic E-state index is -0.135. The monoisotopic (exact) mass is 398 g/mol. The molecule has 24 heavy (non-hydrogen) atoms. The molecule has 0 unspecified atom stereocenters. The number of aromatic nitrogens is 1. The molecular weight excluding hydrogens is 387 g/mol. The van der Waals surface area contributed by atoms with Gasteiger partial charge in [-0.1, -0.05) is 34.5 Å². The summed E-state index contributed by atoms with van der Waals surface area (Å²) >= 11 is 14.8. The lowest BCUT2D eigenvalue weighted by Crippen LogP contribution is -2.13. The van der Waals surface area contributed by atoms with Crippen molar-refractivity contribution in [2.24, 2.45) is 0 Å².